The Morgan fingerprint density at radius 2 is 2.21 bits per heavy atom. The monoisotopic (exact) mass is 270 g/mol. The fourth-order valence-electron chi connectivity index (χ4n) is 2.10. The predicted octanol–water partition coefficient (Wildman–Crippen LogP) is -1.83. The van der Waals surface area contributed by atoms with Gasteiger partial charge in [-0.3, -0.25) is 4.79 Å². The Bertz CT molecular complexity index is 531. The van der Waals surface area contributed by atoms with Crippen LogP contribution in [0.4, 0.5) is 4.79 Å². The molecule has 2 aliphatic rings. The quantitative estimate of drug-likeness (QED) is 0.611. The largest absolute Gasteiger partial charge is 0.509 e. The van der Waals surface area contributed by atoms with Crippen LogP contribution in [0.15, 0.2) is 6.33 Å². The molecule has 4 atom stereocenters. The predicted molar refractivity (Wildman–Crippen MR) is 54.7 cm³/mol. The molecule has 1 amide bonds. The zero-order valence-corrected chi connectivity index (χ0v) is 9.50. The number of nitrogens with zero attached hydrogens (tertiary/aromatic N) is 3. The van der Waals surface area contributed by atoms with Crippen LogP contribution < -0.4 is 5.73 Å². The molecule has 10 nitrogen and oxygen atoms in total. The molecule has 0 spiro atoms. The van der Waals surface area contributed by atoms with Crippen molar-refractivity contribution in [2.75, 3.05) is 6.61 Å². The summed E-state index contributed by atoms with van der Waals surface area (Å²) in [5.41, 5.74) is 5.04. The van der Waals surface area contributed by atoms with E-state index in [-0.39, 0.29) is 12.4 Å². The molecular formula is C9H10N4O6. The summed E-state index contributed by atoms with van der Waals surface area (Å²) in [6.45, 7) is -0.342. The number of aromatic nitrogens is 3. The van der Waals surface area contributed by atoms with Gasteiger partial charge in [0.05, 0.1) is 6.61 Å². The van der Waals surface area contributed by atoms with E-state index in [9.17, 15) is 9.59 Å². The van der Waals surface area contributed by atoms with Gasteiger partial charge in [0.2, 0.25) is 5.82 Å². The second-order valence-corrected chi connectivity index (χ2v) is 4.08. The third-order valence-corrected chi connectivity index (χ3v) is 2.92. The number of aliphatic hydroxyl groups is 1. The Balaban J connectivity index is 1.87. The smallest absolute Gasteiger partial charge is 0.424 e. The van der Waals surface area contributed by atoms with Crippen LogP contribution >= 0.6 is 0 Å². The van der Waals surface area contributed by atoms with Crippen molar-refractivity contribution >= 4 is 12.1 Å². The van der Waals surface area contributed by atoms with Crippen molar-refractivity contribution in [1.82, 2.24) is 14.8 Å². The summed E-state index contributed by atoms with van der Waals surface area (Å²) >= 11 is 0. The van der Waals surface area contributed by atoms with E-state index in [1.54, 1.807) is 0 Å². The number of hydrogen-bond acceptors (Lipinski definition) is 8. The van der Waals surface area contributed by atoms with Crippen LogP contribution in [0.25, 0.3) is 0 Å². The van der Waals surface area contributed by atoms with E-state index in [1.807, 2.05) is 0 Å². The summed E-state index contributed by atoms with van der Waals surface area (Å²) < 4.78 is 16.5. The van der Waals surface area contributed by atoms with Gasteiger partial charge in [-0.15, -0.1) is 5.10 Å². The normalized spacial score (nSPS) is 32.8. The Hall–Kier alpha value is -2.20. The van der Waals surface area contributed by atoms with Crippen molar-refractivity contribution < 1.29 is 28.9 Å². The maximum absolute atomic E-state index is 11.1. The Morgan fingerprint density at radius 1 is 1.47 bits per heavy atom. The molecule has 3 N–H and O–H groups in total. The third kappa shape index (κ3) is 1.81. The van der Waals surface area contributed by atoms with Crippen LogP contribution in [0.5, 0.6) is 0 Å². The summed E-state index contributed by atoms with van der Waals surface area (Å²) in [7, 11) is 0. The molecule has 2 saturated heterocycles. The summed E-state index contributed by atoms with van der Waals surface area (Å²) in [4.78, 5) is 25.7. The molecule has 0 radical (unpaired) electrons. The van der Waals surface area contributed by atoms with E-state index in [0.717, 1.165) is 0 Å². The molecule has 3 rings (SSSR count). The minimum Gasteiger partial charge on any atom is -0.424 e. The van der Waals surface area contributed by atoms with Crippen LogP contribution in [0.1, 0.15) is 16.8 Å². The molecule has 0 saturated carbocycles. The molecule has 2 fully saturated rings. The zero-order valence-electron chi connectivity index (χ0n) is 9.50. The molecular weight excluding hydrogens is 260 g/mol. The number of fused-ring (bicyclic) bond motifs is 1. The van der Waals surface area contributed by atoms with E-state index in [1.165, 1.54) is 11.0 Å². The highest BCUT2D eigenvalue weighted by Crippen LogP contribution is 2.37. The van der Waals surface area contributed by atoms with Gasteiger partial charge in [-0.1, -0.05) is 0 Å². The van der Waals surface area contributed by atoms with Gasteiger partial charge in [0.1, 0.15) is 12.4 Å². The summed E-state index contributed by atoms with van der Waals surface area (Å²) in [6.07, 6.45) is -2.63. The van der Waals surface area contributed by atoms with E-state index in [0.29, 0.717) is 0 Å². The van der Waals surface area contributed by atoms with Crippen molar-refractivity contribution in [2.24, 2.45) is 5.73 Å². The van der Waals surface area contributed by atoms with Gasteiger partial charge < -0.3 is 25.1 Å². The van der Waals surface area contributed by atoms with Gasteiger partial charge in [0, 0.05) is 0 Å². The molecule has 19 heavy (non-hydrogen) atoms. The first-order valence-electron chi connectivity index (χ1n) is 5.44. The highest BCUT2D eigenvalue weighted by Gasteiger charge is 2.55. The Morgan fingerprint density at radius 3 is 2.84 bits per heavy atom. The van der Waals surface area contributed by atoms with E-state index < -0.39 is 36.6 Å². The lowest BCUT2D eigenvalue weighted by molar-refractivity contribution is -0.0767. The Labute approximate surface area is 106 Å². The number of ether oxygens (including phenoxy) is 3. The standard InChI is InChI=1S/C9H10N4O6/c10-6(15)7-11-2-13(12-7)8-5-4(3(1-14)17-8)18-9(16)19-5/h2-5,8,14H,1H2,(H2,10,15). The van der Waals surface area contributed by atoms with Crippen molar-refractivity contribution in [3.8, 4) is 0 Å². The fraction of sp³-hybridized carbons (Fsp3) is 0.556. The summed E-state index contributed by atoms with van der Waals surface area (Å²) in [6, 6.07) is 0. The second-order valence-electron chi connectivity index (χ2n) is 4.08. The lowest BCUT2D eigenvalue weighted by atomic mass is 10.1. The third-order valence-electron chi connectivity index (χ3n) is 2.92. The number of aliphatic hydroxyl groups excluding tert-OH is 1. The average molecular weight is 270 g/mol. The van der Waals surface area contributed by atoms with Crippen LogP contribution in [-0.4, -0.2) is 56.9 Å². The van der Waals surface area contributed by atoms with E-state index in [2.05, 4.69) is 10.1 Å². The molecule has 10 heteroatoms. The van der Waals surface area contributed by atoms with Gasteiger partial charge in [0.15, 0.2) is 18.4 Å². The number of hydrogen-bond donors (Lipinski definition) is 2. The first-order chi connectivity index (χ1) is 9.10. The molecule has 3 heterocycles. The number of primary amides is 1. The zero-order chi connectivity index (χ0) is 13.6. The van der Waals surface area contributed by atoms with Gasteiger partial charge in [-0.2, -0.15) is 0 Å². The molecule has 0 bridgehead atoms. The molecule has 1 aromatic heterocycles. The van der Waals surface area contributed by atoms with Crippen LogP contribution in [0.2, 0.25) is 0 Å². The van der Waals surface area contributed by atoms with Gasteiger partial charge in [-0.25, -0.2) is 14.5 Å². The molecule has 1 aromatic rings. The van der Waals surface area contributed by atoms with Gasteiger partial charge in [0.25, 0.3) is 5.91 Å². The van der Waals surface area contributed by atoms with Crippen LogP contribution in [0.3, 0.4) is 0 Å². The van der Waals surface area contributed by atoms with Crippen molar-refractivity contribution in [1.29, 1.82) is 0 Å². The molecule has 0 aliphatic carbocycles. The highest BCUT2D eigenvalue weighted by atomic mass is 16.8. The van der Waals surface area contributed by atoms with Gasteiger partial charge >= 0.3 is 6.16 Å². The maximum Gasteiger partial charge on any atom is 0.509 e. The summed E-state index contributed by atoms with van der Waals surface area (Å²) in [5.74, 6) is -0.968. The number of carbonyl (C=O) groups excluding carboxylic acids is 2. The van der Waals surface area contributed by atoms with Crippen molar-refractivity contribution in [3.05, 3.63) is 12.2 Å². The first-order valence-corrected chi connectivity index (χ1v) is 5.44. The number of carbonyl (C=O) groups is 2. The average Bonchev–Trinajstić information content (AvgIpc) is 3.02. The topological polar surface area (TPSA) is 139 Å². The van der Waals surface area contributed by atoms with Crippen molar-refractivity contribution in [3.63, 3.8) is 0 Å². The molecule has 2 aliphatic heterocycles. The number of rotatable bonds is 3. The van der Waals surface area contributed by atoms with Gasteiger partial charge in [-0.05, 0) is 0 Å². The lowest BCUT2D eigenvalue weighted by Gasteiger charge is -2.14. The van der Waals surface area contributed by atoms with Crippen LogP contribution in [-0.2, 0) is 14.2 Å². The lowest BCUT2D eigenvalue weighted by Crippen LogP contribution is -2.30. The Kier molecular flexibility index (Phi) is 2.61. The van der Waals surface area contributed by atoms with E-state index >= 15 is 0 Å². The minimum absolute atomic E-state index is 0.183. The fourth-order valence-corrected chi connectivity index (χ4v) is 2.10. The molecule has 0 aromatic carbocycles. The minimum atomic E-state index is -0.836. The summed E-state index contributed by atoms with van der Waals surface area (Å²) in [5, 5.41) is 13.0. The SMILES string of the molecule is NC(=O)c1ncn(C2OC(CO)C3OC(=O)OC32)n1. The van der Waals surface area contributed by atoms with Crippen molar-refractivity contribution in [2.45, 2.75) is 24.5 Å². The molecule has 102 valence electrons. The maximum atomic E-state index is 11.1. The number of amides is 1. The van der Waals surface area contributed by atoms with E-state index in [4.69, 9.17) is 25.1 Å². The second kappa shape index (κ2) is 4.17. The number of nitrogens with two attached hydrogens (primary N) is 1. The first kappa shape index (κ1) is 11.9. The highest BCUT2D eigenvalue weighted by molar-refractivity contribution is 5.88. The molecule has 4 unspecified atom stereocenters. The van der Waals surface area contributed by atoms with Crippen LogP contribution in [0, 0.1) is 0 Å².